The van der Waals surface area contributed by atoms with E-state index < -0.39 is 17.7 Å². The predicted molar refractivity (Wildman–Crippen MR) is 72.7 cm³/mol. The number of rotatable bonds is 3. The molecule has 1 saturated heterocycles. The van der Waals surface area contributed by atoms with Crippen LogP contribution < -0.4 is 5.73 Å². The normalized spacial score (nSPS) is 21.3. The average Bonchev–Trinajstić information content (AvgIpc) is 2.35. The van der Waals surface area contributed by atoms with Crippen molar-refractivity contribution in [2.24, 2.45) is 11.1 Å². The minimum absolute atomic E-state index is 0.268. The van der Waals surface area contributed by atoms with Crippen LogP contribution in [0.4, 0.5) is 8.78 Å². The van der Waals surface area contributed by atoms with Crippen LogP contribution in [0.15, 0.2) is 18.2 Å². The minimum Gasteiger partial charge on any atom is -0.323 e. The lowest BCUT2D eigenvalue weighted by Gasteiger charge is -2.38. The van der Waals surface area contributed by atoms with Crippen molar-refractivity contribution in [3.05, 3.63) is 35.4 Å². The Morgan fingerprint density at radius 2 is 1.89 bits per heavy atom. The summed E-state index contributed by atoms with van der Waals surface area (Å²) in [5, 5.41) is 0. The van der Waals surface area contributed by atoms with E-state index in [2.05, 4.69) is 18.7 Å². The Morgan fingerprint density at radius 3 is 2.53 bits per heavy atom. The van der Waals surface area contributed by atoms with E-state index in [9.17, 15) is 8.78 Å². The maximum atomic E-state index is 13.6. The Kier molecular flexibility index (Phi) is 4.21. The van der Waals surface area contributed by atoms with Crippen LogP contribution in [-0.4, -0.2) is 24.5 Å². The van der Waals surface area contributed by atoms with Crippen molar-refractivity contribution in [2.45, 2.75) is 32.7 Å². The first-order chi connectivity index (χ1) is 8.87. The first kappa shape index (κ1) is 14.4. The molecule has 19 heavy (non-hydrogen) atoms. The molecule has 1 aliphatic rings. The smallest absolute Gasteiger partial charge is 0.128 e. The van der Waals surface area contributed by atoms with Crippen LogP contribution in [0.3, 0.4) is 0 Å². The van der Waals surface area contributed by atoms with E-state index in [1.807, 2.05) is 0 Å². The molecule has 106 valence electrons. The molecule has 2 nitrogen and oxygen atoms in total. The number of nitrogens with two attached hydrogens (primary N) is 1. The van der Waals surface area contributed by atoms with Gasteiger partial charge >= 0.3 is 0 Å². The first-order valence-corrected chi connectivity index (χ1v) is 6.80. The molecule has 1 fully saturated rings. The Balaban J connectivity index is 1.98. The highest BCUT2D eigenvalue weighted by molar-refractivity contribution is 5.22. The summed E-state index contributed by atoms with van der Waals surface area (Å²) in [5.74, 6) is -0.863. The molecule has 2 rings (SSSR count). The van der Waals surface area contributed by atoms with Gasteiger partial charge < -0.3 is 10.6 Å². The maximum Gasteiger partial charge on any atom is 0.128 e. The standard InChI is InChI=1S/C15H22F2N2/c1-15(2)5-7-19(8-6-15)10-14(18)12-9-11(16)3-4-13(12)17/h3-4,9,14H,5-8,10,18H2,1-2H3. The highest BCUT2D eigenvalue weighted by Gasteiger charge is 2.26. The van der Waals surface area contributed by atoms with E-state index in [0.29, 0.717) is 12.0 Å². The summed E-state index contributed by atoms with van der Waals surface area (Å²) in [4.78, 5) is 2.24. The minimum atomic E-state index is -0.475. The van der Waals surface area contributed by atoms with E-state index in [-0.39, 0.29) is 5.56 Å². The van der Waals surface area contributed by atoms with Crippen LogP contribution in [-0.2, 0) is 0 Å². The number of hydrogen-bond acceptors (Lipinski definition) is 2. The fraction of sp³-hybridized carbons (Fsp3) is 0.600. The van der Waals surface area contributed by atoms with Crippen LogP contribution in [0.2, 0.25) is 0 Å². The van der Waals surface area contributed by atoms with Crippen molar-refractivity contribution in [1.29, 1.82) is 0 Å². The fourth-order valence-electron chi connectivity index (χ4n) is 2.52. The molecule has 0 radical (unpaired) electrons. The molecule has 1 atom stereocenters. The zero-order valence-corrected chi connectivity index (χ0v) is 11.6. The van der Waals surface area contributed by atoms with Gasteiger partial charge in [-0.15, -0.1) is 0 Å². The number of piperidine rings is 1. The summed E-state index contributed by atoms with van der Waals surface area (Å²) in [7, 11) is 0. The number of nitrogens with zero attached hydrogens (tertiary/aromatic N) is 1. The number of hydrogen-bond donors (Lipinski definition) is 1. The lowest BCUT2D eigenvalue weighted by Crippen LogP contribution is -2.41. The van der Waals surface area contributed by atoms with Crippen molar-refractivity contribution < 1.29 is 8.78 Å². The SMILES string of the molecule is CC1(C)CCN(CC(N)c2cc(F)ccc2F)CC1. The molecule has 0 aromatic heterocycles. The van der Waals surface area contributed by atoms with Crippen molar-refractivity contribution in [3.8, 4) is 0 Å². The maximum absolute atomic E-state index is 13.6. The highest BCUT2D eigenvalue weighted by atomic mass is 19.1. The van der Waals surface area contributed by atoms with Crippen LogP contribution >= 0.6 is 0 Å². The Bertz CT molecular complexity index is 436. The fourth-order valence-corrected chi connectivity index (χ4v) is 2.52. The zero-order valence-electron chi connectivity index (χ0n) is 11.6. The molecule has 1 aliphatic heterocycles. The highest BCUT2D eigenvalue weighted by Crippen LogP contribution is 2.30. The third kappa shape index (κ3) is 3.74. The van der Waals surface area contributed by atoms with Gasteiger partial charge in [-0.2, -0.15) is 0 Å². The average molecular weight is 268 g/mol. The second-order valence-electron chi connectivity index (χ2n) is 6.24. The third-order valence-electron chi connectivity index (χ3n) is 4.02. The Morgan fingerprint density at radius 1 is 1.26 bits per heavy atom. The molecule has 1 aromatic rings. The Hall–Kier alpha value is -1.00. The van der Waals surface area contributed by atoms with Crippen molar-refractivity contribution >= 4 is 0 Å². The lowest BCUT2D eigenvalue weighted by molar-refractivity contribution is 0.126. The van der Waals surface area contributed by atoms with Gasteiger partial charge in [-0.05, 0) is 49.5 Å². The van der Waals surface area contributed by atoms with E-state index in [0.717, 1.165) is 38.1 Å². The lowest BCUT2D eigenvalue weighted by atomic mass is 9.82. The Labute approximate surface area is 113 Å². The van der Waals surface area contributed by atoms with E-state index in [4.69, 9.17) is 5.73 Å². The second-order valence-corrected chi connectivity index (χ2v) is 6.24. The molecule has 0 spiro atoms. The van der Waals surface area contributed by atoms with Gasteiger partial charge in [0, 0.05) is 18.2 Å². The van der Waals surface area contributed by atoms with E-state index >= 15 is 0 Å². The molecule has 0 bridgehead atoms. The van der Waals surface area contributed by atoms with Crippen molar-refractivity contribution in [1.82, 2.24) is 4.90 Å². The molecule has 0 aliphatic carbocycles. The van der Waals surface area contributed by atoms with Crippen molar-refractivity contribution in [2.75, 3.05) is 19.6 Å². The van der Waals surface area contributed by atoms with Gasteiger partial charge in [0.1, 0.15) is 11.6 Å². The van der Waals surface area contributed by atoms with Gasteiger partial charge in [-0.1, -0.05) is 13.8 Å². The van der Waals surface area contributed by atoms with Gasteiger partial charge in [0.05, 0.1) is 0 Å². The van der Waals surface area contributed by atoms with Gasteiger partial charge in [0.25, 0.3) is 0 Å². The van der Waals surface area contributed by atoms with E-state index in [1.165, 1.54) is 6.07 Å². The summed E-state index contributed by atoms with van der Waals surface area (Å²) < 4.78 is 26.8. The molecule has 1 unspecified atom stereocenters. The summed E-state index contributed by atoms with van der Waals surface area (Å²) in [6.07, 6.45) is 2.23. The molecule has 1 aromatic carbocycles. The zero-order chi connectivity index (χ0) is 14.0. The molecular formula is C15H22F2N2. The second kappa shape index (κ2) is 5.55. The largest absolute Gasteiger partial charge is 0.323 e. The monoisotopic (exact) mass is 268 g/mol. The third-order valence-corrected chi connectivity index (χ3v) is 4.02. The van der Waals surface area contributed by atoms with Gasteiger partial charge in [0.2, 0.25) is 0 Å². The van der Waals surface area contributed by atoms with Gasteiger partial charge in [-0.25, -0.2) is 8.78 Å². The molecule has 0 amide bonds. The summed E-state index contributed by atoms with van der Waals surface area (Å²) in [5.41, 5.74) is 6.66. The van der Waals surface area contributed by atoms with Crippen LogP contribution in [0, 0.1) is 17.0 Å². The van der Waals surface area contributed by atoms with E-state index in [1.54, 1.807) is 0 Å². The van der Waals surface area contributed by atoms with Crippen LogP contribution in [0.1, 0.15) is 38.3 Å². The predicted octanol–water partition coefficient (Wildman–Crippen LogP) is 3.09. The molecule has 4 heteroatoms. The number of benzene rings is 1. The number of likely N-dealkylation sites (tertiary alicyclic amines) is 1. The summed E-state index contributed by atoms with van der Waals surface area (Å²) in [6, 6.07) is 2.99. The molecular weight excluding hydrogens is 246 g/mol. The molecule has 0 saturated carbocycles. The summed E-state index contributed by atoms with van der Waals surface area (Å²) >= 11 is 0. The van der Waals surface area contributed by atoms with Gasteiger partial charge in [0.15, 0.2) is 0 Å². The number of halogens is 2. The molecule has 2 N–H and O–H groups in total. The summed E-state index contributed by atoms with van der Waals surface area (Å²) in [6.45, 7) is 7.04. The topological polar surface area (TPSA) is 29.3 Å². The van der Waals surface area contributed by atoms with Crippen molar-refractivity contribution in [3.63, 3.8) is 0 Å². The van der Waals surface area contributed by atoms with Crippen LogP contribution in [0.5, 0.6) is 0 Å². The van der Waals surface area contributed by atoms with Gasteiger partial charge in [-0.3, -0.25) is 0 Å². The molecule has 1 heterocycles. The first-order valence-electron chi connectivity index (χ1n) is 6.80. The quantitative estimate of drug-likeness (QED) is 0.912. The van der Waals surface area contributed by atoms with Crippen LogP contribution in [0.25, 0.3) is 0 Å².